The standard InChI is InChI=1S/C23H23N3O5/c1-4-30-23(28)18-8-9-19(25-15(18)2)22(27)26-17-7-10-20(29-3)21(12-17)31-14-16-6-5-11-24-13-16/h5-13H,4,14H2,1-3H3,(H,26,27). The summed E-state index contributed by atoms with van der Waals surface area (Å²) in [6.45, 7) is 3.95. The molecule has 1 N–H and O–H groups in total. The molecule has 3 rings (SSSR count). The molecule has 0 aliphatic heterocycles. The molecular formula is C23H23N3O5. The third-order valence-corrected chi connectivity index (χ3v) is 4.35. The highest BCUT2D eigenvalue weighted by molar-refractivity contribution is 6.03. The van der Waals surface area contributed by atoms with Gasteiger partial charge in [-0.05, 0) is 44.2 Å². The number of ether oxygens (including phenoxy) is 3. The lowest BCUT2D eigenvalue weighted by atomic mass is 10.2. The molecule has 8 heteroatoms. The SMILES string of the molecule is CCOC(=O)c1ccc(C(=O)Nc2ccc(OC)c(OCc3cccnc3)c2)nc1C. The lowest BCUT2D eigenvalue weighted by Crippen LogP contribution is -2.16. The average molecular weight is 421 g/mol. The number of nitrogens with one attached hydrogen (secondary N) is 1. The molecule has 0 fully saturated rings. The minimum absolute atomic E-state index is 0.180. The maximum Gasteiger partial charge on any atom is 0.339 e. The number of hydrogen-bond donors (Lipinski definition) is 1. The van der Waals surface area contributed by atoms with Crippen LogP contribution in [0.4, 0.5) is 5.69 Å². The minimum Gasteiger partial charge on any atom is -0.493 e. The number of aryl methyl sites for hydroxylation is 1. The molecular weight excluding hydrogens is 398 g/mol. The van der Waals surface area contributed by atoms with E-state index in [9.17, 15) is 9.59 Å². The number of aromatic nitrogens is 2. The van der Waals surface area contributed by atoms with Crippen LogP contribution >= 0.6 is 0 Å². The second-order valence-electron chi connectivity index (χ2n) is 6.52. The third kappa shape index (κ3) is 5.57. The summed E-state index contributed by atoms with van der Waals surface area (Å²) in [5.41, 5.74) is 2.34. The van der Waals surface area contributed by atoms with Crippen LogP contribution in [-0.2, 0) is 11.3 Å². The molecule has 2 heterocycles. The fourth-order valence-electron chi connectivity index (χ4n) is 2.82. The zero-order valence-corrected chi connectivity index (χ0v) is 17.5. The molecule has 2 aromatic heterocycles. The summed E-state index contributed by atoms with van der Waals surface area (Å²) in [4.78, 5) is 32.8. The molecule has 8 nitrogen and oxygen atoms in total. The minimum atomic E-state index is -0.468. The van der Waals surface area contributed by atoms with Crippen LogP contribution in [-0.4, -0.2) is 35.6 Å². The Labute approximate surface area is 180 Å². The van der Waals surface area contributed by atoms with E-state index in [0.29, 0.717) is 35.1 Å². The molecule has 0 radical (unpaired) electrons. The average Bonchev–Trinajstić information content (AvgIpc) is 2.78. The number of carbonyl (C=O) groups excluding carboxylic acids is 2. The van der Waals surface area contributed by atoms with Gasteiger partial charge in [0.2, 0.25) is 0 Å². The summed E-state index contributed by atoms with van der Waals surface area (Å²) in [6, 6.07) is 11.8. The number of anilines is 1. The fourth-order valence-corrected chi connectivity index (χ4v) is 2.82. The first-order chi connectivity index (χ1) is 15.0. The van der Waals surface area contributed by atoms with Crippen molar-refractivity contribution >= 4 is 17.6 Å². The number of hydrogen-bond acceptors (Lipinski definition) is 7. The van der Waals surface area contributed by atoms with E-state index in [0.717, 1.165) is 5.56 Å². The van der Waals surface area contributed by atoms with Crippen molar-refractivity contribution in [1.29, 1.82) is 0 Å². The summed E-state index contributed by atoms with van der Waals surface area (Å²) in [7, 11) is 1.54. The zero-order valence-electron chi connectivity index (χ0n) is 17.5. The van der Waals surface area contributed by atoms with Gasteiger partial charge in [-0.25, -0.2) is 9.78 Å². The van der Waals surface area contributed by atoms with Gasteiger partial charge in [-0.15, -0.1) is 0 Å². The molecule has 31 heavy (non-hydrogen) atoms. The van der Waals surface area contributed by atoms with E-state index in [1.54, 1.807) is 51.6 Å². The molecule has 0 bridgehead atoms. The van der Waals surface area contributed by atoms with Gasteiger partial charge < -0.3 is 19.5 Å². The van der Waals surface area contributed by atoms with Crippen LogP contribution in [0.25, 0.3) is 0 Å². The second-order valence-corrected chi connectivity index (χ2v) is 6.52. The Morgan fingerprint density at radius 1 is 1.10 bits per heavy atom. The van der Waals surface area contributed by atoms with Crippen molar-refractivity contribution in [2.75, 3.05) is 19.0 Å². The van der Waals surface area contributed by atoms with E-state index < -0.39 is 11.9 Å². The number of amides is 1. The Kier molecular flexibility index (Phi) is 7.16. The third-order valence-electron chi connectivity index (χ3n) is 4.35. The summed E-state index contributed by atoms with van der Waals surface area (Å²) in [5, 5.41) is 2.78. The van der Waals surface area contributed by atoms with Gasteiger partial charge in [-0.3, -0.25) is 9.78 Å². The molecule has 0 aliphatic rings. The van der Waals surface area contributed by atoms with Crippen LogP contribution in [0.5, 0.6) is 11.5 Å². The number of pyridine rings is 2. The van der Waals surface area contributed by atoms with Crippen molar-refractivity contribution in [3.63, 3.8) is 0 Å². The van der Waals surface area contributed by atoms with E-state index in [2.05, 4.69) is 15.3 Å². The van der Waals surface area contributed by atoms with Crippen molar-refractivity contribution in [3.8, 4) is 11.5 Å². The predicted molar refractivity (Wildman–Crippen MR) is 114 cm³/mol. The Morgan fingerprint density at radius 2 is 1.94 bits per heavy atom. The number of benzene rings is 1. The molecule has 0 saturated heterocycles. The van der Waals surface area contributed by atoms with Gasteiger partial charge in [0.25, 0.3) is 5.91 Å². The smallest absolute Gasteiger partial charge is 0.339 e. The van der Waals surface area contributed by atoms with Gasteiger partial charge in [-0.2, -0.15) is 0 Å². The zero-order chi connectivity index (χ0) is 22.2. The lowest BCUT2D eigenvalue weighted by Gasteiger charge is -2.13. The van der Waals surface area contributed by atoms with Gasteiger partial charge in [0.05, 0.1) is 25.0 Å². The van der Waals surface area contributed by atoms with Gasteiger partial charge in [0.1, 0.15) is 12.3 Å². The van der Waals surface area contributed by atoms with Crippen LogP contribution < -0.4 is 14.8 Å². The second kappa shape index (κ2) is 10.2. The Hall–Kier alpha value is -3.94. The number of esters is 1. The molecule has 0 unspecified atom stereocenters. The number of rotatable bonds is 8. The number of carbonyl (C=O) groups is 2. The first-order valence-corrected chi connectivity index (χ1v) is 9.67. The largest absolute Gasteiger partial charge is 0.493 e. The molecule has 3 aromatic rings. The van der Waals surface area contributed by atoms with E-state index in [1.807, 2.05) is 12.1 Å². The lowest BCUT2D eigenvalue weighted by molar-refractivity contribution is 0.0524. The van der Waals surface area contributed by atoms with E-state index >= 15 is 0 Å². The molecule has 0 spiro atoms. The maximum atomic E-state index is 12.6. The first kappa shape index (κ1) is 21.8. The maximum absolute atomic E-state index is 12.6. The highest BCUT2D eigenvalue weighted by Crippen LogP contribution is 2.31. The first-order valence-electron chi connectivity index (χ1n) is 9.67. The molecule has 0 aliphatic carbocycles. The van der Waals surface area contributed by atoms with Crippen LogP contribution in [0.1, 0.15) is 39.0 Å². The van der Waals surface area contributed by atoms with Crippen molar-refractivity contribution in [2.45, 2.75) is 20.5 Å². The number of methoxy groups -OCH3 is 1. The molecule has 0 saturated carbocycles. The Balaban J connectivity index is 1.73. The van der Waals surface area contributed by atoms with Gasteiger partial charge in [-0.1, -0.05) is 6.07 Å². The van der Waals surface area contributed by atoms with Gasteiger partial charge in [0.15, 0.2) is 11.5 Å². The van der Waals surface area contributed by atoms with Crippen LogP contribution in [0.3, 0.4) is 0 Å². The van der Waals surface area contributed by atoms with Crippen LogP contribution in [0.15, 0.2) is 54.9 Å². The molecule has 0 atom stereocenters. The van der Waals surface area contributed by atoms with Gasteiger partial charge in [0, 0.05) is 29.7 Å². The van der Waals surface area contributed by atoms with E-state index in [4.69, 9.17) is 14.2 Å². The molecule has 160 valence electrons. The Morgan fingerprint density at radius 3 is 2.61 bits per heavy atom. The normalized spacial score (nSPS) is 10.3. The number of nitrogens with zero attached hydrogens (tertiary/aromatic N) is 2. The molecule has 1 amide bonds. The predicted octanol–water partition coefficient (Wildman–Crippen LogP) is 3.80. The highest BCUT2D eigenvalue weighted by atomic mass is 16.5. The summed E-state index contributed by atoms with van der Waals surface area (Å²) >= 11 is 0. The quantitative estimate of drug-likeness (QED) is 0.552. The van der Waals surface area contributed by atoms with Crippen molar-refractivity contribution in [1.82, 2.24) is 9.97 Å². The summed E-state index contributed by atoms with van der Waals surface area (Å²) < 4.78 is 16.2. The van der Waals surface area contributed by atoms with E-state index in [1.165, 1.54) is 12.1 Å². The molecule has 1 aromatic carbocycles. The van der Waals surface area contributed by atoms with Crippen molar-refractivity contribution in [3.05, 3.63) is 77.4 Å². The summed E-state index contributed by atoms with van der Waals surface area (Å²) in [6.07, 6.45) is 3.40. The van der Waals surface area contributed by atoms with Crippen molar-refractivity contribution < 1.29 is 23.8 Å². The van der Waals surface area contributed by atoms with Crippen LogP contribution in [0, 0.1) is 6.92 Å². The summed E-state index contributed by atoms with van der Waals surface area (Å²) in [5.74, 6) is 0.132. The topological polar surface area (TPSA) is 99.6 Å². The van der Waals surface area contributed by atoms with E-state index in [-0.39, 0.29) is 12.3 Å². The fraction of sp³-hybridized carbons (Fsp3) is 0.217. The van der Waals surface area contributed by atoms with Crippen molar-refractivity contribution in [2.24, 2.45) is 0 Å². The van der Waals surface area contributed by atoms with Gasteiger partial charge >= 0.3 is 5.97 Å². The monoisotopic (exact) mass is 421 g/mol. The van der Waals surface area contributed by atoms with Crippen LogP contribution in [0.2, 0.25) is 0 Å². The Bertz CT molecular complexity index is 1070. The highest BCUT2D eigenvalue weighted by Gasteiger charge is 2.16.